The fourth-order valence-corrected chi connectivity index (χ4v) is 6.62. The molecule has 2 aromatic carbocycles. The predicted octanol–water partition coefficient (Wildman–Crippen LogP) is 4.43. The van der Waals surface area contributed by atoms with E-state index in [2.05, 4.69) is 4.36 Å². The Hall–Kier alpha value is -1.64. The highest BCUT2D eigenvalue weighted by molar-refractivity contribution is 8.01. The second kappa shape index (κ2) is 5.94. The lowest BCUT2D eigenvalue weighted by Gasteiger charge is -2.32. The third kappa shape index (κ3) is 2.62. The van der Waals surface area contributed by atoms with Crippen LogP contribution in [0.3, 0.4) is 0 Å². The van der Waals surface area contributed by atoms with Crippen LogP contribution in [-0.4, -0.2) is 23.0 Å². The molecule has 0 bridgehead atoms. The fourth-order valence-electron chi connectivity index (χ4n) is 2.85. The van der Waals surface area contributed by atoms with E-state index in [0.717, 1.165) is 12.1 Å². The highest BCUT2D eigenvalue weighted by Gasteiger charge is 2.60. The van der Waals surface area contributed by atoms with Crippen molar-refractivity contribution in [2.75, 3.05) is 0 Å². The van der Waals surface area contributed by atoms with Gasteiger partial charge in [-0.05, 0) is 49.1 Å². The molecule has 0 N–H and O–H groups in total. The van der Waals surface area contributed by atoms with Gasteiger partial charge in [0.05, 0.1) is 4.90 Å². The van der Waals surface area contributed by atoms with Crippen LogP contribution < -0.4 is 0 Å². The summed E-state index contributed by atoms with van der Waals surface area (Å²) in [7, 11) is -8.24. The second-order valence-corrected chi connectivity index (χ2v) is 12.0. The summed E-state index contributed by atoms with van der Waals surface area (Å²) in [5.41, 5.74) is -0.00284. The minimum Gasteiger partial charge on any atom is -0.626 e. The normalized spacial score (nSPS) is 23.4. The molecule has 0 spiro atoms. The summed E-state index contributed by atoms with van der Waals surface area (Å²) in [4.78, 5) is -0.313. The van der Waals surface area contributed by atoms with Crippen LogP contribution in [0.25, 0.3) is 0 Å². The molecule has 2 atom stereocenters. The van der Waals surface area contributed by atoms with Crippen molar-refractivity contribution in [3.05, 3.63) is 60.2 Å². The van der Waals surface area contributed by atoms with Gasteiger partial charge >= 0.3 is 5.25 Å². The number of sulfone groups is 1. The Labute approximate surface area is 153 Å². The predicted molar refractivity (Wildman–Crippen MR) is 96.3 cm³/mol. The van der Waals surface area contributed by atoms with Crippen LogP contribution in [0, 0.1) is 0 Å². The molecule has 0 saturated carbocycles. The largest absolute Gasteiger partial charge is 0.626 e. The molecule has 1 aliphatic rings. The monoisotopic (exact) mass is 399 g/mol. The molecular formula is C18H19F2NO3S2. The van der Waals surface area contributed by atoms with Crippen LogP contribution in [0.1, 0.15) is 32.4 Å². The zero-order chi connectivity index (χ0) is 19.4. The van der Waals surface area contributed by atoms with Crippen LogP contribution in [0.15, 0.2) is 68.8 Å². The van der Waals surface area contributed by atoms with E-state index >= 15 is 8.78 Å². The number of rotatable bonds is 3. The van der Waals surface area contributed by atoms with Gasteiger partial charge in [0.1, 0.15) is 9.64 Å². The Kier molecular flexibility index (Phi) is 4.37. The maximum atomic E-state index is 15.2. The molecule has 0 aromatic heterocycles. The van der Waals surface area contributed by atoms with Crippen LogP contribution >= 0.6 is 0 Å². The lowest BCUT2D eigenvalue weighted by molar-refractivity contribution is 0.0637. The molecule has 8 heteroatoms. The summed E-state index contributed by atoms with van der Waals surface area (Å²) >= 11 is 0. The van der Waals surface area contributed by atoms with Gasteiger partial charge in [0, 0.05) is 5.56 Å². The smallest absolute Gasteiger partial charge is 0.380 e. The molecule has 2 aromatic rings. The first-order chi connectivity index (χ1) is 11.9. The van der Waals surface area contributed by atoms with Crippen molar-refractivity contribution in [1.82, 2.24) is 0 Å². The molecule has 4 nitrogen and oxygen atoms in total. The number of nitrogens with zero attached hydrogens (tertiary/aromatic N) is 1. The van der Waals surface area contributed by atoms with Gasteiger partial charge in [0.2, 0.25) is 15.9 Å². The Morgan fingerprint density at radius 1 is 1.00 bits per heavy atom. The first kappa shape index (κ1) is 19.1. The average molecular weight is 399 g/mol. The van der Waals surface area contributed by atoms with Gasteiger partial charge in [0.25, 0.3) is 0 Å². The van der Waals surface area contributed by atoms with E-state index < -0.39 is 40.9 Å². The van der Waals surface area contributed by atoms with E-state index in [1.54, 1.807) is 32.9 Å². The summed E-state index contributed by atoms with van der Waals surface area (Å²) in [5.74, 6) is 0. The third-order valence-electron chi connectivity index (χ3n) is 4.33. The van der Waals surface area contributed by atoms with Crippen LogP contribution in [-0.2, 0) is 19.9 Å². The zero-order valence-corrected chi connectivity index (χ0v) is 16.2. The highest BCUT2D eigenvalue weighted by Crippen LogP contribution is 2.52. The molecule has 0 aliphatic carbocycles. The van der Waals surface area contributed by atoms with E-state index in [1.807, 2.05) is 0 Å². The standard InChI is InChI=1S/C18H19F2NO3S2/c1-17(2,3)25(22)15-12-8-7-11-14(15)16(21-25)18(19,20)26(23,24)13-9-5-4-6-10-13/h4-12,16H,1-3H3/t16-,25?/m0/s1. The van der Waals surface area contributed by atoms with Gasteiger partial charge in [-0.1, -0.05) is 36.4 Å². The molecule has 0 fully saturated rings. The topological polar surface area (TPSA) is 69.6 Å². The molecule has 0 amide bonds. The van der Waals surface area contributed by atoms with Crippen molar-refractivity contribution in [3.63, 3.8) is 0 Å². The van der Waals surface area contributed by atoms with Gasteiger partial charge in [-0.15, -0.1) is 4.36 Å². The summed E-state index contributed by atoms with van der Waals surface area (Å²) in [6.07, 6.45) is 0. The third-order valence-corrected chi connectivity index (χ3v) is 9.29. The van der Waals surface area contributed by atoms with Crippen LogP contribution in [0.5, 0.6) is 0 Å². The molecule has 140 valence electrons. The Bertz CT molecular complexity index is 997. The number of hydrogen-bond acceptors (Lipinski definition) is 4. The SMILES string of the molecule is CC(C)(C)[S+]1([O-])=N[C@H](C(F)(F)S(=O)(=O)c2ccccc2)c2ccccc21. The number of fused-ring (bicyclic) bond motifs is 1. The van der Waals surface area contributed by atoms with Gasteiger partial charge in [-0.3, -0.25) is 0 Å². The second-order valence-electron chi connectivity index (χ2n) is 7.06. The van der Waals surface area contributed by atoms with Crippen molar-refractivity contribution in [3.8, 4) is 0 Å². The zero-order valence-electron chi connectivity index (χ0n) is 14.5. The first-order valence-corrected chi connectivity index (χ1v) is 10.9. The molecule has 26 heavy (non-hydrogen) atoms. The molecule has 1 unspecified atom stereocenters. The number of halogens is 2. The molecular weight excluding hydrogens is 380 g/mol. The minimum atomic E-state index is -5.01. The number of hydrogen-bond donors (Lipinski definition) is 0. The van der Waals surface area contributed by atoms with Crippen molar-refractivity contribution in [2.24, 2.45) is 4.36 Å². The van der Waals surface area contributed by atoms with Gasteiger partial charge in [0.15, 0.2) is 0 Å². The molecule has 1 heterocycles. The maximum Gasteiger partial charge on any atom is 0.380 e. The van der Waals surface area contributed by atoms with E-state index in [4.69, 9.17) is 0 Å². The Morgan fingerprint density at radius 2 is 1.54 bits per heavy atom. The summed E-state index contributed by atoms with van der Waals surface area (Å²) in [6.45, 7) is 4.92. The van der Waals surface area contributed by atoms with Crippen molar-refractivity contribution in [2.45, 2.75) is 46.6 Å². The molecule has 0 radical (unpaired) electrons. The summed E-state index contributed by atoms with van der Waals surface area (Å²) < 4.78 is 72.1. The van der Waals surface area contributed by atoms with Gasteiger partial charge in [-0.25, -0.2) is 8.42 Å². The van der Waals surface area contributed by atoms with Gasteiger partial charge in [-0.2, -0.15) is 8.78 Å². The molecule has 3 rings (SSSR count). The van der Waals surface area contributed by atoms with Crippen molar-refractivity contribution in [1.29, 1.82) is 0 Å². The minimum absolute atomic E-state index is 0.00284. The maximum absolute atomic E-state index is 15.2. The first-order valence-electron chi connectivity index (χ1n) is 7.95. The van der Waals surface area contributed by atoms with Crippen molar-refractivity contribution < 1.29 is 21.8 Å². The van der Waals surface area contributed by atoms with E-state index in [9.17, 15) is 13.0 Å². The van der Waals surface area contributed by atoms with Gasteiger partial charge < -0.3 is 4.55 Å². The Balaban J connectivity index is 2.24. The average Bonchev–Trinajstić information content (AvgIpc) is 2.91. The molecule has 1 aliphatic heterocycles. The summed E-state index contributed by atoms with van der Waals surface area (Å²) in [6, 6.07) is 10.5. The van der Waals surface area contributed by atoms with Crippen LogP contribution in [0.2, 0.25) is 0 Å². The van der Waals surface area contributed by atoms with Crippen molar-refractivity contribution >= 4 is 19.9 Å². The van der Waals surface area contributed by atoms with E-state index in [-0.39, 0.29) is 10.5 Å². The van der Waals surface area contributed by atoms with Crippen LogP contribution in [0.4, 0.5) is 8.78 Å². The lowest BCUT2D eigenvalue weighted by Crippen LogP contribution is -2.35. The Morgan fingerprint density at radius 3 is 2.12 bits per heavy atom. The lowest BCUT2D eigenvalue weighted by atomic mass is 10.1. The molecule has 0 saturated heterocycles. The highest BCUT2D eigenvalue weighted by atomic mass is 32.3. The quantitative estimate of drug-likeness (QED) is 0.717. The van der Waals surface area contributed by atoms with E-state index in [0.29, 0.717) is 0 Å². The number of benzene rings is 2. The van der Waals surface area contributed by atoms with E-state index in [1.165, 1.54) is 30.3 Å². The summed E-state index contributed by atoms with van der Waals surface area (Å²) in [5, 5.41) is -4.23. The number of alkyl halides is 2. The fraction of sp³-hybridized carbons (Fsp3) is 0.333.